The maximum atomic E-state index is 10.5. The van der Waals surface area contributed by atoms with E-state index >= 15 is 0 Å². The number of benzene rings is 1. The molecule has 0 spiro atoms. The highest BCUT2D eigenvalue weighted by Crippen LogP contribution is 2.32. The molecular weight excluding hydrogens is 354 g/mol. The predicted molar refractivity (Wildman–Crippen MR) is 105 cm³/mol. The van der Waals surface area contributed by atoms with E-state index in [0.717, 1.165) is 24.3 Å². The molecule has 1 aromatic carbocycles. The smallest absolute Gasteiger partial charge is 0.151 e. The van der Waals surface area contributed by atoms with Gasteiger partial charge in [-0.05, 0) is 49.9 Å². The van der Waals surface area contributed by atoms with Crippen molar-refractivity contribution in [3.63, 3.8) is 0 Å². The number of phenolic OH excluding ortho intramolecular Hbond substituents is 1. The van der Waals surface area contributed by atoms with E-state index in [4.69, 9.17) is 0 Å². The summed E-state index contributed by atoms with van der Waals surface area (Å²) in [4.78, 5) is 2.25. The Morgan fingerprint density at radius 2 is 1.79 bits per heavy atom. The third-order valence-corrected chi connectivity index (χ3v) is 5.98. The van der Waals surface area contributed by atoms with Gasteiger partial charge in [-0.2, -0.15) is 0 Å². The normalized spacial score (nSPS) is 23.7. The summed E-state index contributed by atoms with van der Waals surface area (Å²) in [5, 5.41) is 30.5. The van der Waals surface area contributed by atoms with E-state index in [9.17, 15) is 5.11 Å². The van der Waals surface area contributed by atoms with Crippen LogP contribution in [0.2, 0.25) is 0 Å². The molecule has 0 saturated carbocycles. The van der Waals surface area contributed by atoms with Crippen LogP contribution in [0.1, 0.15) is 25.7 Å². The summed E-state index contributed by atoms with van der Waals surface area (Å²) >= 11 is 0. The van der Waals surface area contributed by atoms with Gasteiger partial charge in [0.15, 0.2) is 5.82 Å². The maximum Gasteiger partial charge on any atom is 0.151 e. The number of nitrogens with zero attached hydrogens (tertiary/aromatic N) is 6. The van der Waals surface area contributed by atoms with Crippen molar-refractivity contribution in [2.45, 2.75) is 43.8 Å². The van der Waals surface area contributed by atoms with Crippen molar-refractivity contribution in [1.29, 1.82) is 0 Å². The predicted octanol–water partition coefficient (Wildman–Crippen LogP) is 2.15. The first kappa shape index (κ1) is 17.1. The molecule has 8 heteroatoms. The lowest BCUT2D eigenvalue weighted by Gasteiger charge is -2.36. The zero-order valence-electron chi connectivity index (χ0n) is 15.7. The standard InChI is InChI=1S/C20H23N7O/c1-26(16-8-13-2-3-14(9-16)23-13)20-7-6-18(24-25-20)17-5-4-15(10-19(17)28)27-11-21-22-12-27/h4-7,10-14,16,23,28H,2-3,8-9H2,1H3/t13-,14?,16?/m0/s1. The van der Waals surface area contributed by atoms with Gasteiger partial charge in [0.05, 0.1) is 11.4 Å². The van der Waals surface area contributed by atoms with Gasteiger partial charge in [0, 0.05) is 36.8 Å². The lowest BCUT2D eigenvalue weighted by molar-refractivity contribution is 0.353. The van der Waals surface area contributed by atoms with Gasteiger partial charge in [0.25, 0.3) is 0 Å². The Hall–Kier alpha value is -3.00. The highest BCUT2D eigenvalue weighted by molar-refractivity contribution is 5.69. The van der Waals surface area contributed by atoms with Crippen molar-refractivity contribution >= 4 is 5.82 Å². The Morgan fingerprint density at radius 1 is 1.04 bits per heavy atom. The average molecular weight is 377 g/mol. The highest BCUT2D eigenvalue weighted by Gasteiger charge is 2.35. The number of fused-ring (bicyclic) bond motifs is 2. The van der Waals surface area contributed by atoms with Gasteiger partial charge in [-0.15, -0.1) is 20.4 Å². The van der Waals surface area contributed by atoms with Gasteiger partial charge in [-0.1, -0.05) is 0 Å². The molecule has 2 fully saturated rings. The summed E-state index contributed by atoms with van der Waals surface area (Å²) < 4.78 is 1.74. The first-order chi connectivity index (χ1) is 13.7. The van der Waals surface area contributed by atoms with Crippen LogP contribution in [0.25, 0.3) is 16.9 Å². The number of rotatable bonds is 4. The van der Waals surface area contributed by atoms with Crippen LogP contribution in [-0.2, 0) is 0 Å². The number of aromatic nitrogens is 5. The summed E-state index contributed by atoms with van der Waals surface area (Å²) in [5.74, 6) is 1.02. The molecule has 2 aliphatic rings. The van der Waals surface area contributed by atoms with Crippen LogP contribution in [-0.4, -0.2) is 55.2 Å². The van der Waals surface area contributed by atoms with Crippen molar-refractivity contribution in [3.8, 4) is 22.7 Å². The fourth-order valence-corrected chi connectivity index (χ4v) is 4.42. The highest BCUT2D eigenvalue weighted by atomic mass is 16.3. The van der Waals surface area contributed by atoms with Crippen molar-refractivity contribution in [2.75, 3.05) is 11.9 Å². The number of phenols is 1. The molecule has 28 heavy (non-hydrogen) atoms. The molecule has 5 rings (SSSR count). The van der Waals surface area contributed by atoms with E-state index in [1.165, 1.54) is 12.8 Å². The van der Waals surface area contributed by atoms with Crippen LogP contribution in [0, 0.1) is 0 Å². The second-order valence-corrected chi connectivity index (χ2v) is 7.72. The Bertz CT molecular complexity index is 945. The van der Waals surface area contributed by atoms with E-state index in [-0.39, 0.29) is 5.75 Å². The minimum absolute atomic E-state index is 0.150. The van der Waals surface area contributed by atoms with E-state index < -0.39 is 0 Å². The van der Waals surface area contributed by atoms with Crippen molar-refractivity contribution in [3.05, 3.63) is 43.0 Å². The van der Waals surface area contributed by atoms with Crippen LogP contribution in [0.3, 0.4) is 0 Å². The molecule has 4 heterocycles. The molecule has 0 radical (unpaired) electrons. The van der Waals surface area contributed by atoms with Crippen LogP contribution < -0.4 is 10.2 Å². The molecule has 144 valence electrons. The van der Waals surface area contributed by atoms with E-state index in [1.54, 1.807) is 23.3 Å². The summed E-state index contributed by atoms with van der Waals surface area (Å²) in [5.41, 5.74) is 2.09. The van der Waals surface area contributed by atoms with E-state index in [1.807, 2.05) is 24.3 Å². The second-order valence-electron chi connectivity index (χ2n) is 7.72. The third-order valence-electron chi connectivity index (χ3n) is 5.98. The zero-order chi connectivity index (χ0) is 19.1. The number of anilines is 1. The van der Waals surface area contributed by atoms with Crippen molar-refractivity contribution in [1.82, 2.24) is 30.3 Å². The number of piperidine rings is 1. The van der Waals surface area contributed by atoms with Crippen molar-refractivity contribution < 1.29 is 5.11 Å². The zero-order valence-corrected chi connectivity index (χ0v) is 15.7. The fourth-order valence-electron chi connectivity index (χ4n) is 4.42. The lowest BCUT2D eigenvalue weighted by Crippen LogP contribution is -2.47. The first-order valence-electron chi connectivity index (χ1n) is 9.68. The summed E-state index contributed by atoms with van der Waals surface area (Å²) in [6, 6.07) is 11.1. The molecule has 2 aromatic heterocycles. The van der Waals surface area contributed by atoms with Gasteiger partial charge < -0.3 is 15.3 Å². The fraction of sp³-hybridized carbons (Fsp3) is 0.400. The summed E-state index contributed by atoms with van der Waals surface area (Å²) in [6.45, 7) is 0. The van der Waals surface area contributed by atoms with Crippen LogP contribution >= 0.6 is 0 Å². The number of aromatic hydroxyl groups is 1. The summed E-state index contributed by atoms with van der Waals surface area (Å²) in [6.07, 6.45) is 8.05. The topological polar surface area (TPSA) is 92.0 Å². The Morgan fingerprint density at radius 3 is 2.43 bits per heavy atom. The molecule has 2 N–H and O–H groups in total. The molecule has 8 nitrogen and oxygen atoms in total. The minimum Gasteiger partial charge on any atom is -0.507 e. The Balaban J connectivity index is 1.35. The van der Waals surface area contributed by atoms with Gasteiger partial charge in [0.2, 0.25) is 0 Å². The molecule has 0 amide bonds. The van der Waals surface area contributed by atoms with Gasteiger partial charge in [-0.3, -0.25) is 4.57 Å². The number of hydrogen-bond donors (Lipinski definition) is 2. The van der Waals surface area contributed by atoms with E-state index in [2.05, 4.69) is 37.7 Å². The SMILES string of the molecule is CN(c1ccc(-c2ccc(-n3cnnc3)cc2O)nn1)C1CC2CC[C@@H](C1)N2. The van der Waals surface area contributed by atoms with E-state index in [0.29, 0.717) is 29.4 Å². The lowest BCUT2D eigenvalue weighted by atomic mass is 9.98. The minimum atomic E-state index is 0.150. The molecule has 3 atom stereocenters. The molecule has 3 aromatic rings. The molecule has 2 saturated heterocycles. The van der Waals surface area contributed by atoms with Crippen molar-refractivity contribution in [2.24, 2.45) is 0 Å². The number of nitrogens with one attached hydrogen (secondary N) is 1. The molecule has 0 aliphatic carbocycles. The molecular formula is C20H23N7O. The second kappa shape index (κ2) is 6.87. The third kappa shape index (κ3) is 3.09. The van der Waals surface area contributed by atoms with Gasteiger partial charge >= 0.3 is 0 Å². The van der Waals surface area contributed by atoms with Gasteiger partial charge in [0.1, 0.15) is 18.4 Å². The Labute approximate surface area is 163 Å². The summed E-state index contributed by atoms with van der Waals surface area (Å²) in [7, 11) is 2.10. The van der Waals surface area contributed by atoms with Crippen LogP contribution in [0.5, 0.6) is 5.75 Å². The maximum absolute atomic E-state index is 10.5. The van der Waals surface area contributed by atoms with Crippen LogP contribution in [0.4, 0.5) is 5.82 Å². The average Bonchev–Trinajstić information content (AvgIpc) is 3.37. The monoisotopic (exact) mass is 377 g/mol. The first-order valence-corrected chi connectivity index (χ1v) is 9.68. The molecule has 2 bridgehead atoms. The Kier molecular flexibility index (Phi) is 4.20. The quantitative estimate of drug-likeness (QED) is 0.720. The molecule has 2 aliphatic heterocycles. The van der Waals surface area contributed by atoms with Crippen LogP contribution in [0.15, 0.2) is 43.0 Å². The molecule has 2 unspecified atom stereocenters. The van der Waals surface area contributed by atoms with Gasteiger partial charge in [-0.25, -0.2) is 0 Å². The largest absolute Gasteiger partial charge is 0.507 e. The number of hydrogen-bond acceptors (Lipinski definition) is 7.